The molecule has 2 aromatic heterocycles. The van der Waals surface area contributed by atoms with Gasteiger partial charge in [0.15, 0.2) is 11.5 Å². The van der Waals surface area contributed by atoms with Gasteiger partial charge in [-0.05, 0) is 19.3 Å². The minimum atomic E-state index is 0.395. The summed E-state index contributed by atoms with van der Waals surface area (Å²) in [5.41, 5.74) is 1.58. The van der Waals surface area contributed by atoms with Crippen molar-refractivity contribution in [2.75, 3.05) is 5.32 Å². The van der Waals surface area contributed by atoms with Crippen molar-refractivity contribution in [1.82, 2.24) is 19.9 Å². The minimum Gasteiger partial charge on any atom is -0.366 e. The number of hydrogen-bond donors (Lipinski definition) is 2. The molecule has 5 heteroatoms. The first-order chi connectivity index (χ1) is 8.20. The van der Waals surface area contributed by atoms with E-state index in [0.717, 1.165) is 23.7 Å². The maximum Gasteiger partial charge on any atom is 0.182 e. The van der Waals surface area contributed by atoms with Crippen molar-refractivity contribution < 1.29 is 0 Å². The van der Waals surface area contributed by atoms with Crippen molar-refractivity contribution in [1.29, 1.82) is 0 Å². The molecule has 0 radical (unpaired) electrons. The fourth-order valence-electron chi connectivity index (χ4n) is 1.94. The lowest BCUT2D eigenvalue weighted by Crippen LogP contribution is -2.19. The lowest BCUT2D eigenvalue weighted by atomic mass is 10.0. The zero-order chi connectivity index (χ0) is 12.3. The number of rotatable bonds is 5. The van der Waals surface area contributed by atoms with E-state index in [0.29, 0.717) is 11.7 Å². The average molecular weight is 233 g/mol. The van der Waals surface area contributed by atoms with Crippen LogP contribution >= 0.6 is 0 Å². The highest BCUT2D eigenvalue weighted by Gasteiger charge is 2.11. The van der Waals surface area contributed by atoms with Gasteiger partial charge in [-0.1, -0.05) is 20.3 Å². The van der Waals surface area contributed by atoms with Crippen LogP contribution in [0.1, 0.15) is 33.6 Å². The number of hydrogen-bond acceptors (Lipinski definition) is 4. The summed E-state index contributed by atoms with van der Waals surface area (Å²) in [7, 11) is 0. The molecule has 0 saturated carbocycles. The molecule has 0 aliphatic heterocycles. The molecule has 5 nitrogen and oxygen atoms in total. The van der Waals surface area contributed by atoms with Crippen LogP contribution in [0.15, 0.2) is 12.7 Å². The molecule has 0 aliphatic rings. The highest BCUT2D eigenvalue weighted by atomic mass is 15.1. The third kappa shape index (κ3) is 2.72. The van der Waals surface area contributed by atoms with Crippen LogP contribution in [-0.4, -0.2) is 26.0 Å². The summed E-state index contributed by atoms with van der Waals surface area (Å²) in [4.78, 5) is 15.5. The lowest BCUT2D eigenvalue weighted by molar-refractivity contribution is 0.483. The van der Waals surface area contributed by atoms with E-state index in [1.807, 2.05) is 0 Å². The first kappa shape index (κ1) is 11.8. The van der Waals surface area contributed by atoms with Gasteiger partial charge >= 0.3 is 0 Å². The van der Waals surface area contributed by atoms with Gasteiger partial charge in [-0.2, -0.15) is 0 Å². The second-order valence-corrected chi connectivity index (χ2v) is 4.62. The second-order valence-electron chi connectivity index (χ2n) is 4.62. The van der Waals surface area contributed by atoms with Crippen molar-refractivity contribution in [3.63, 3.8) is 0 Å². The molecule has 0 fully saturated rings. The quantitative estimate of drug-likeness (QED) is 0.833. The molecule has 0 amide bonds. The lowest BCUT2D eigenvalue weighted by Gasteiger charge is -2.18. The van der Waals surface area contributed by atoms with E-state index >= 15 is 0 Å². The Kier molecular flexibility index (Phi) is 3.56. The van der Waals surface area contributed by atoms with Crippen LogP contribution in [0.4, 0.5) is 5.82 Å². The maximum absolute atomic E-state index is 4.26. The number of anilines is 1. The Labute approximate surface area is 101 Å². The maximum atomic E-state index is 4.26. The van der Waals surface area contributed by atoms with Crippen LogP contribution in [0.3, 0.4) is 0 Å². The highest BCUT2D eigenvalue weighted by molar-refractivity contribution is 5.81. The number of nitrogens with zero attached hydrogens (tertiary/aromatic N) is 3. The van der Waals surface area contributed by atoms with Crippen molar-refractivity contribution in [2.24, 2.45) is 5.92 Å². The summed E-state index contributed by atoms with van der Waals surface area (Å²) in [6.45, 7) is 6.66. The van der Waals surface area contributed by atoms with Gasteiger partial charge in [0.2, 0.25) is 0 Å². The Hall–Kier alpha value is -1.65. The van der Waals surface area contributed by atoms with E-state index in [2.05, 4.69) is 46.0 Å². The zero-order valence-corrected chi connectivity index (χ0v) is 10.6. The van der Waals surface area contributed by atoms with Gasteiger partial charge < -0.3 is 10.3 Å². The van der Waals surface area contributed by atoms with Gasteiger partial charge in [0.25, 0.3) is 0 Å². The van der Waals surface area contributed by atoms with E-state index < -0.39 is 0 Å². The summed E-state index contributed by atoms with van der Waals surface area (Å²) in [5.74, 6) is 1.56. The Morgan fingerprint density at radius 1 is 1.29 bits per heavy atom. The predicted octanol–water partition coefficient (Wildman–Crippen LogP) is 2.59. The van der Waals surface area contributed by atoms with Crippen LogP contribution in [0, 0.1) is 5.92 Å². The number of H-pyrrole nitrogens is 1. The number of nitrogens with one attached hydrogen (secondary N) is 2. The van der Waals surface area contributed by atoms with Gasteiger partial charge in [-0.3, -0.25) is 0 Å². The van der Waals surface area contributed by atoms with Crippen LogP contribution < -0.4 is 5.32 Å². The van der Waals surface area contributed by atoms with E-state index in [9.17, 15) is 0 Å². The first-order valence-corrected chi connectivity index (χ1v) is 6.11. The van der Waals surface area contributed by atoms with Crippen LogP contribution in [0.5, 0.6) is 0 Å². The molecule has 17 heavy (non-hydrogen) atoms. The third-order valence-corrected chi connectivity index (χ3v) is 3.06. The molecule has 0 bridgehead atoms. The van der Waals surface area contributed by atoms with Gasteiger partial charge in [-0.25, -0.2) is 15.0 Å². The summed E-state index contributed by atoms with van der Waals surface area (Å²) in [6.07, 6.45) is 5.52. The molecule has 2 rings (SSSR count). The summed E-state index contributed by atoms with van der Waals surface area (Å²) >= 11 is 0. The van der Waals surface area contributed by atoms with Gasteiger partial charge in [0.05, 0.1) is 6.33 Å². The monoisotopic (exact) mass is 233 g/mol. The van der Waals surface area contributed by atoms with E-state index in [-0.39, 0.29) is 0 Å². The molecule has 0 spiro atoms. The molecular formula is C12H19N5. The first-order valence-electron chi connectivity index (χ1n) is 6.11. The number of imidazole rings is 1. The Morgan fingerprint density at radius 2 is 2.12 bits per heavy atom. The normalized spacial score (nSPS) is 14.8. The molecule has 2 N–H and O–H groups in total. The van der Waals surface area contributed by atoms with Crippen LogP contribution in [-0.2, 0) is 0 Å². The Bertz CT molecular complexity index is 478. The van der Waals surface area contributed by atoms with Gasteiger partial charge in [0.1, 0.15) is 11.8 Å². The number of aromatic nitrogens is 4. The topological polar surface area (TPSA) is 66.5 Å². The minimum absolute atomic E-state index is 0.395. The van der Waals surface area contributed by atoms with Crippen LogP contribution in [0.25, 0.3) is 11.2 Å². The fraction of sp³-hybridized carbons (Fsp3) is 0.583. The standard InChI is InChI=1S/C12H19N5/c1-4-8(2)5-9(3)17-12-10-11(14-6-13-10)15-7-16-12/h6-9H,4-5H2,1-3H3,(H2,13,14,15,16,17). The molecule has 2 unspecified atom stereocenters. The van der Waals surface area contributed by atoms with Gasteiger partial charge in [0, 0.05) is 6.04 Å². The Morgan fingerprint density at radius 3 is 2.88 bits per heavy atom. The smallest absolute Gasteiger partial charge is 0.182 e. The number of aromatic amines is 1. The highest BCUT2D eigenvalue weighted by Crippen LogP contribution is 2.18. The largest absolute Gasteiger partial charge is 0.366 e. The Balaban J connectivity index is 2.10. The van der Waals surface area contributed by atoms with Crippen LogP contribution in [0.2, 0.25) is 0 Å². The molecule has 0 aromatic carbocycles. The van der Waals surface area contributed by atoms with E-state index in [1.54, 1.807) is 12.7 Å². The summed E-state index contributed by atoms with van der Waals surface area (Å²) in [5, 5.41) is 3.41. The van der Waals surface area contributed by atoms with E-state index in [1.165, 1.54) is 6.42 Å². The van der Waals surface area contributed by atoms with E-state index in [4.69, 9.17) is 0 Å². The van der Waals surface area contributed by atoms with Crippen molar-refractivity contribution >= 4 is 17.0 Å². The number of fused-ring (bicyclic) bond motifs is 1. The summed E-state index contributed by atoms with van der Waals surface area (Å²) in [6, 6.07) is 0.395. The molecule has 0 saturated heterocycles. The second kappa shape index (κ2) is 5.12. The predicted molar refractivity (Wildman–Crippen MR) is 68.8 cm³/mol. The SMILES string of the molecule is CCC(C)CC(C)Nc1ncnc2nc[nH]c12. The third-order valence-electron chi connectivity index (χ3n) is 3.06. The molecule has 2 atom stereocenters. The van der Waals surface area contributed by atoms with Crippen molar-refractivity contribution in [3.05, 3.63) is 12.7 Å². The molecule has 2 aromatic rings. The van der Waals surface area contributed by atoms with Gasteiger partial charge in [-0.15, -0.1) is 0 Å². The molecule has 92 valence electrons. The zero-order valence-electron chi connectivity index (χ0n) is 10.6. The van der Waals surface area contributed by atoms with Crippen molar-refractivity contribution in [2.45, 2.75) is 39.7 Å². The fourth-order valence-corrected chi connectivity index (χ4v) is 1.94. The molecule has 2 heterocycles. The molecule has 0 aliphatic carbocycles. The average Bonchev–Trinajstić information content (AvgIpc) is 2.78. The summed E-state index contributed by atoms with van der Waals surface area (Å²) < 4.78 is 0. The molecular weight excluding hydrogens is 214 g/mol. The van der Waals surface area contributed by atoms with Crippen molar-refractivity contribution in [3.8, 4) is 0 Å².